The van der Waals surface area contributed by atoms with Crippen molar-refractivity contribution in [2.75, 3.05) is 19.7 Å². The number of hydrogen-bond acceptors (Lipinski definition) is 4. The number of morpholine rings is 1. The number of phenols is 1. The summed E-state index contributed by atoms with van der Waals surface area (Å²) in [7, 11) is 0. The Kier molecular flexibility index (Phi) is 2.29. The molecule has 1 aromatic carbocycles. The molecule has 0 aliphatic carbocycles. The predicted molar refractivity (Wildman–Crippen MR) is 65.8 cm³/mol. The van der Waals surface area contributed by atoms with Crippen LogP contribution in [-0.2, 0) is 4.74 Å². The van der Waals surface area contributed by atoms with Crippen molar-refractivity contribution >= 4 is 0 Å². The highest BCUT2D eigenvalue weighted by Crippen LogP contribution is 2.40. The molecule has 1 N–H and O–H groups in total. The molecular formula is C14H17NO3. The minimum atomic E-state index is 0.274. The summed E-state index contributed by atoms with van der Waals surface area (Å²) in [4.78, 5) is 2.48. The number of likely N-dealkylation sites (tertiary alicyclic amines) is 1. The van der Waals surface area contributed by atoms with Crippen LogP contribution in [0.25, 0.3) is 0 Å². The van der Waals surface area contributed by atoms with Crippen LogP contribution in [0, 0.1) is 0 Å². The van der Waals surface area contributed by atoms with Gasteiger partial charge in [0.15, 0.2) is 0 Å². The monoisotopic (exact) mass is 247 g/mol. The van der Waals surface area contributed by atoms with Gasteiger partial charge in [-0.1, -0.05) is 0 Å². The lowest BCUT2D eigenvalue weighted by molar-refractivity contribution is -0.0551. The summed E-state index contributed by atoms with van der Waals surface area (Å²) in [6.45, 7) is 2.70. The Labute approximate surface area is 106 Å². The Morgan fingerprint density at radius 3 is 2.72 bits per heavy atom. The van der Waals surface area contributed by atoms with Crippen LogP contribution in [-0.4, -0.2) is 41.9 Å². The summed E-state index contributed by atoms with van der Waals surface area (Å²) in [5.41, 5.74) is 1.20. The minimum Gasteiger partial charge on any atom is -0.508 e. The van der Waals surface area contributed by atoms with Crippen molar-refractivity contribution in [3.8, 4) is 11.5 Å². The van der Waals surface area contributed by atoms with Crippen LogP contribution in [0.2, 0.25) is 0 Å². The fraction of sp³-hybridized carbons (Fsp3) is 0.571. The lowest BCUT2D eigenvalue weighted by Gasteiger charge is -2.35. The Hall–Kier alpha value is -1.26. The van der Waals surface area contributed by atoms with Crippen LogP contribution in [0.1, 0.15) is 24.4 Å². The first-order valence-corrected chi connectivity index (χ1v) is 6.65. The van der Waals surface area contributed by atoms with E-state index in [0.717, 1.165) is 18.8 Å². The van der Waals surface area contributed by atoms with Crippen molar-refractivity contribution in [3.05, 3.63) is 23.8 Å². The Morgan fingerprint density at radius 1 is 1.17 bits per heavy atom. The maximum absolute atomic E-state index is 9.47. The summed E-state index contributed by atoms with van der Waals surface area (Å²) < 4.78 is 11.6. The van der Waals surface area contributed by atoms with Crippen molar-refractivity contribution < 1.29 is 14.6 Å². The number of hydrogen-bond donors (Lipinski definition) is 1. The third-order valence-corrected chi connectivity index (χ3v) is 4.27. The SMILES string of the molecule is Oc1ccc2c(c1)OCC2N1CC2CCC(C1)O2. The molecule has 3 unspecified atom stereocenters. The molecule has 3 aliphatic rings. The molecule has 1 aromatic rings. The molecule has 0 aromatic heterocycles. The van der Waals surface area contributed by atoms with Gasteiger partial charge in [-0.05, 0) is 25.0 Å². The molecule has 0 saturated carbocycles. The second kappa shape index (κ2) is 3.87. The number of phenolic OH excluding ortho intramolecular Hbond substituents is 1. The van der Waals surface area contributed by atoms with Crippen molar-refractivity contribution in [2.24, 2.45) is 0 Å². The molecule has 2 fully saturated rings. The van der Waals surface area contributed by atoms with Crippen LogP contribution >= 0.6 is 0 Å². The van der Waals surface area contributed by atoms with Crippen LogP contribution in [0.15, 0.2) is 18.2 Å². The van der Waals surface area contributed by atoms with E-state index in [1.165, 1.54) is 18.4 Å². The Bertz CT molecular complexity index is 464. The van der Waals surface area contributed by atoms with E-state index in [0.29, 0.717) is 24.9 Å². The maximum atomic E-state index is 9.47. The fourth-order valence-electron chi connectivity index (χ4n) is 3.38. The second-order valence-electron chi connectivity index (χ2n) is 5.46. The van der Waals surface area contributed by atoms with Gasteiger partial charge < -0.3 is 14.6 Å². The van der Waals surface area contributed by atoms with Crippen LogP contribution in [0.3, 0.4) is 0 Å². The predicted octanol–water partition coefficient (Wildman–Crippen LogP) is 1.69. The summed E-state index contributed by atoms with van der Waals surface area (Å²) >= 11 is 0. The van der Waals surface area contributed by atoms with E-state index < -0.39 is 0 Å². The third kappa shape index (κ3) is 1.60. The van der Waals surface area contributed by atoms with Gasteiger partial charge in [-0.2, -0.15) is 0 Å². The zero-order valence-electron chi connectivity index (χ0n) is 10.2. The van der Waals surface area contributed by atoms with Gasteiger partial charge in [0, 0.05) is 24.7 Å². The molecule has 2 bridgehead atoms. The van der Waals surface area contributed by atoms with Gasteiger partial charge in [-0.25, -0.2) is 0 Å². The lowest BCUT2D eigenvalue weighted by Crippen LogP contribution is -2.44. The molecule has 96 valence electrons. The molecule has 18 heavy (non-hydrogen) atoms. The summed E-state index contributed by atoms with van der Waals surface area (Å²) in [6.07, 6.45) is 3.20. The van der Waals surface area contributed by atoms with E-state index in [-0.39, 0.29) is 5.75 Å². The molecule has 2 saturated heterocycles. The van der Waals surface area contributed by atoms with E-state index in [4.69, 9.17) is 9.47 Å². The van der Waals surface area contributed by atoms with Crippen molar-refractivity contribution in [1.82, 2.24) is 4.90 Å². The quantitative estimate of drug-likeness (QED) is 0.820. The smallest absolute Gasteiger partial charge is 0.127 e. The Morgan fingerprint density at radius 2 is 1.94 bits per heavy atom. The first-order valence-electron chi connectivity index (χ1n) is 6.65. The lowest BCUT2D eigenvalue weighted by atomic mass is 10.1. The van der Waals surface area contributed by atoms with Crippen molar-refractivity contribution in [2.45, 2.75) is 31.1 Å². The average molecular weight is 247 g/mol. The molecule has 3 aliphatic heterocycles. The highest BCUT2D eigenvalue weighted by Gasteiger charge is 2.39. The number of fused-ring (bicyclic) bond motifs is 3. The van der Waals surface area contributed by atoms with E-state index in [1.54, 1.807) is 12.1 Å². The Balaban J connectivity index is 1.60. The van der Waals surface area contributed by atoms with Gasteiger partial charge in [-0.3, -0.25) is 4.90 Å². The molecule has 0 amide bonds. The number of benzene rings is 1. The summed E-state index contributed by atoms with van der Waals surface area (Å²) in [5.74, 6) is 1.11. The normalized spacial score (nSPS) is 34.3. The van der Waals surface area contributed by atoms with Gasteiger partial charge in [0.1, 0.15) is 18.1 Å². The maximum Gasteiger partial charge on any atom is 0.127 e. The van der Waals surface area contributed by atoms with Crippen LogP contribution < -0.4 is 4.74 Å². The summed E-state index contributed by atoms with van der Waals surface area (Å²) in [5, 5.41) is 9.47. The van der Waals surface area contributed by atoms with Crippen LogP contribution in [0.4, 0.5) is 0 Å². The van der Waals surface area contributed by atoms with E-state index in [1.807, 2.05) is 6.07 Å². The number of aromatic hydroxyl groups is 1. The molecule has 4 rings (SSSR count). The molecule has 4 heteroatoms. The zero-order chi connectivity index (χ0) is 12.1. The van der Waals surface area contributed by atoms with E-state index in [2.05, 4.69) is 4.90 Å². The zero-order valence-corrected chi connectivity index (χ0v) is 10.2. The van der Waals surface area contributed by atoms with Gasteiger partial charge in [0.2, 0.25) is 0 Å². The first-order chi connectivity index (χ1) is 8.79. The topological polar surface area (TPSA) is 41.9 Å². The van der Waals surface area contributed by atoms with Crippen molar-refractivity contribution in [1.29, 1.82) is 0 Å². The van der Waals surface area contributed by atoms with E-state index >= 15 is 0 Å². The molecule has 3 heterocycles. The number of nitrogens with zero attached hydrogens (tertiary/aromatic N) is 1. The molecular weight excluding hydrogens is 230 g/mol. The average Bonchev–Trinajstić information content (AvgIpc) is 2.92. The fourth-order valence-corrected chi connectivity index (χ4v) is 3.38. The van der Waals surface area contributed by atoms with Gasteiger partial charge in [0.25, 0.3) is 0 Å². The highest BCUT2D eigenvalue weighted by molar-refractivity contribution is 5.44. The second-order valence-corrected chi connectivity index (χ2v) is 5.46. The third-order valence-electron chi connectivity index (χ3n) is 4.27. The molecule has 3 atom stereocenters. The largest absolute Gasteiger partial charge is 0.508 e. The van der Waals surface area contributed by atoms with Gasteiger partial charge in [0.05, 0.1) is 18.2 Å². The van der Waals surface area contributed by atoms with E-state index in [9.17, 15) is 5.11 Å². The van der Waals surface area contributed by atoms with Gasteiger partial charge >= 0.3 is 0 Å². The standard InChI is InChI=1S/C14H17NO3/c16-9-1-4-12-13(8-17-14(12)5-9)15-6-10-2-3-11(7-15)18-10/h1,4-5,10-11,13,16H,2-3,6-8H2. The number of rotatable bonds is 1. The van der Waals surface area contributed by atoms with Gasteiger partial charge in [-0.15, -0.1) is 0 Å². The number of ether oxygens (including phenoxy) is 2. The van der Waals surface area contributed by atoms with Crippen LogP contribution in [0.5, 0.6) is 11.5 Å². The molecule has 0 radical (unpaired) electrons. The van der Waals surface area contributed by atoms with Crippen molar-refractivity contribution in [3.63, 3.8) is 0 Å². The summed E-state index contributed by atoms with van der Waals surface area (Å²) in [6, 6.07) is 5.77. The molecule has 0 spiro atoms. The highest BCUT2D eigenvalue weighted by atomic mass is 16.5. The molecule has 4 nitrogen and oxygen atoms in total. The first kappa shape index (κ1) is 10.6. The minimum absolute atomic E-state index is 0.274.